The van der Waals surface area contributed by atoms with Crippen LogP contribution in [-0.2, 0) is 10.0 Å². The molecule has 0 radical (unpaired) electrons. The van der Waals surface area contributed by atoms with Gasteiger partial charge in [-0.1, -0.05) is 26.0 Å². The van der Waals surface area contributed by atoms with E-state index >= 15 is 0 Å². The topological polar surface area (TPSA) is 98.1 Å². The number of fused-ring (bicyclic) bond motifs is 2. The number of furan rings is 1. The van der Waals surface area contributed by atoms with Crippen LogP contribution in [0.25, 0.3) is 11.0 Å². The first kappa shape index (κ1) is 23.7. The summed E-state index contributed by atoms with van der Waals surface area (Å²) in [5, 5.41) is 3.45. The highest BCUT2D eigenvalue weighted by molar-refractivity contribution is 7.89. The molecule has 2 aliphatic rings. The van der Waals surface area contributed by atoms with Crippen LogP contribution in [0.3, 0.4) is 0 Å². The Morgan fingerprint density at radius 3 is 2.54 bits per heavy atom. The number of aryl methyl sites for hydroxylation is 1. The standard InChI is InChI=1S/C26H30N2O6S/c1-16-10-17(2)14-28(13-16)35(30,31)20-8-9-22-21(11-20)18(3)25(34-22)26(29)27-12-19-15-32-23-6-4-5-7-24(23)33-19/h4-9,11,16-17,19H,10,12-15H2,1-3H3,(H,27,29)/t16-,17+,19-/m1/s1. The fourth-order valence-corrected chi connectivity index (χ4v) is 6.69. The summed E-state index contributed by atoms with van der Waals surface area (Å²) >= 11 is 0. The van der Waals surface area contributed by atoms with Crippen LogP contribution in [-0.4, -0.2) is 51.0 Å². The van der Waals surface area contributed by atoms with Gasteiger partial charge in [0.2, 0.25) is 10.0 Å². The summed E-state index contributed by atoms with van der Waals surface area (Å²) in [5.74, 6) is 1.73. The van der Waals surface area contributed by atoms with Gasteiger partial charge in [-0.05, 0) is 55.5 Å². The van der Waals surface area contributed by atoms with E-state index in [4.69, 9.17) is 13.9 Å². The third-order valence-electron chi connectivity index (χ3n) is 6.64. The van der Waals surface area contributed by atoms with Gasteiger partial charge in [0, 0.05) is 24.0 Å². The Kier molecular flexibility index (Phi) is 6.23. The second-order valence-corrected chi connectivity index (χ2v) is 11.6. The fraction of sp³-hybridized carbons (Fsp3) is 0.423. The molecule has 1 amide bonds. The first-order valence-electron chi connectivity index (χ1n) is 11.9. The minimum absolute atomic E-state index is 0.159. The summed E-state index contributed by atoms with van der Waals surface area (Å²) in [7, 11) is -3.64. The first-order valence-corrected chi connectivity index (χ1v) is 13.4. The highest BCUT2D eigenvalue weighted by Crippen LogP contribution is 2.32. The molecule has 1 fully saturated rings. The molecule has 0 unspecified atom stereocenters. The predicted molar refractivity (Wildman–Crippen MR) is 131 cm³/mol. The summed E-state index contributed by atoms with van der Waals surface area (Å²) in [6, 6.07) is 12.2. The average Bonchev–Trinajstić information content (AvgIpc) is 3.17. The number of sulfonamides is 1. The maximum Gasteiger partial charge on any atom is 0.287 e. The second kappa shape index (κ2) is 9.20. The van der Waals surface area contributed by atoms with Gasteiger partial charge in [-0.15, -0.1) is 0 Å². The molecule has 0 bridgehead atoms. The molecular weight excluding hydrogens is 468 g/mol. The van der Waals surface area contributed by atoms with E-state index in [1.54, 1.807) is 29.4 Å². The van der Waals surface area contributed by atoms with Gasteiger partial charge in [0.25, 0.3) is 5.91 Å². The molecule has 3 atom stereocenters. The normalized spacial score (nSPS) is 22.8. The Morgan fingerprint density at radius 2 is 1.80 bits per heavy atom. The van der Waals surface area contributed by atoms with Crippen LogP contribution < -0.4 is 14.8 Å². The number of nitrogens with one attached hydrogen (secondary N) is 1. The minimum atomic E-state index is -3.64. The number of benzene rings is 2. The number of nitrogens with zero attached hydrogens (tertiary/aromatic N) is 1. The minimum Gasteiger partial charge on any atom is -0.486 e. The number of carbonyl (C=O) groups excluding carboxylic acids is 1. The lowest BCUT2D eigenvalue weighted by Crippen LogP contribution is -2.42. The van der Waals surface area contributed by atoms with Crippen molar-refractivity contribution in [1.29, 1.82) is 0 Å². The highest BCUT2D eigenvalue weighted by atomic mass is 32.2. The molecule has 0 saturated carbocycles. The maximum atomic E-state index is 13.3. The predicted octanol–water partition coefficient (Wildman–Crippen LogP) is 3.98. The van der Waals surface area contributed by atoms with Crippen LogP contribution in [0.5, 0.6) is 11.5 Å². The van der Waals surface area contributed by atoms with Crippen molar-refractivity contribution in [3.63, 3.8) is 0 Å². The third kappa shape index (κ3) is 4.62. The zero-order valence-corrected chi connectivity index (χ0v) is 20.9. The molecular formula is C26H30N2O6S. The molecule has 9 heteroatoms. The highest BCUT2D eigenvalue weighted by Gasteiger charge is 2.32. The van der Waals surface area contributed by atoms with Crippen LogP contribution in [0.4, 0.5) is 0 Å². The number of amides is 1. The molecule has 2 aliphatic heterocycles. The molecule has 1 aromatic heterocycles. The number of para-hydroxylation sites is 2. The van der Waals surface area contributed by atoms with Crippen molar-refractivity contribution in [2.75, 3.05) is 26.2 Å². The Balaban J connectivity index is 1.32. The van der Waals surface area contributed by atoms with E-state index in [1.165, 1.54) is 0 Å². The largest absolute Gasteiger partial charge is 0.486 e. The van der Waals surface area contributed by atoms with Crippen molar-refractivity contribution < 1.29 is 27.1 Å². The maximum absolute atomic E-state index is 13.3. The molecule has 8 nitrogen and oxygen atoms in total. The van der Waals surface area contributed by atoms with Crippen LogP contribution >= 0.6 is 0 Å². The lowest BCUT2D eigenvalue weighted by molar-refractivity contribution is 0.0774. The van der Waals surface area contributed by atoms with Crippen molar-refractivity contribution >= 4 is 26.9 Å². The molecule has 186 valence electrons. The van der Waals surface area contributed by atoms with Crippen molar-refractivity contribution in [2.24, 2.45) is 11.8 Å². The van der Waals surface area contributed by atoms with Crippen molar-refractivity contribution in [3.05, 3.63) is 53.8 Å². The van der Waals surface area contributed by atoms with Crippen LogP contribution in [0, 0.1) is 18.8 Å². The quantitative estimate of drug-likeness (QED) is 0.572. The number of carbonyl (C=O) groups is 1. The smallest absolute Gasteiger partial charge is 0.287 e. The van der Waals surface area contributed by atoms with E-state index in [2.05, 4.69) is 19.2 Å². The molecule has 2 aromatic carbocycles. The van der Waals surface area contributed by atoms with E-state index in [0.29, 0.717) is 59.6 Å². The van der Waals surface area contributed by atoms with Gasteiger partial charge in [0.05, 0.1) is 11.4 Å². The Hall–Kier alpha value is -3.04. The molecule has 0 spiro atoms. The fourth-order valence-electron chi connectivity index (χ4n) is 4.98. The first-order chi connectivity index (χ1) is 16.7. The van der Waals surface area contributed by atoms with E-state index in [0.717, 1.165) is 6.42 Å². The summed E-state index contributed by atoms with van der Waals surface area (Å²) < 4.78 is 45.6. The molecule has 1 N–H and O–H groups in total. The monoisotopic (exact) mass is 498 g/mol. The van der Waals surface area contributed by atoms with Gasteiger partial charge in [0.1, 0.15) is 18.3 Å². The van der Waals surface area contributed by atoms with E-state index < -0.39 is 10.0 Å². The zero-order valence-electron chi connectivity index (χ0n) is 20.1. The number of rotatable bonds is 5. The van der Waals surface area contributed by atoms with Gasteiger partial charge in [-0.3, -0.25) is 4.79 Å². The summed E-state index contributed by atoms with van der Waals surface area (Å²) in [6.07, 6.45) is 0.694. The van der Waals surface area contributed by atoms with Crippen molar-refractivity contribution in [1.82, 2.24) is 9.62 Å². The van der Waals surface area contributed by atoms with Gasteiger partial charge in [-0.25, -0.2) is 8.42 Å². The average molecular weight is 499 g/mol. The van der Waals surface area contributed by atoms with E-state index in [9.17, 15) is 13.2 Å². The SMILES string of the molecule is Cc1c(C(=O)NC[C@@H]2COc3ccccc3O2)oc2ccc(S(=O)(=O)N3C[C@H](C)C[C@H](C)C3)cc12. The van der Waals surface area contributed by atoms with E-state index in [-0.39, 0.29) is 29.2 Å². The lowest BCUT2D eigenvalue weighted by Gasteiger charge is -2.34. The van der Waals surface area contributed by atoms with E-state index in [1.807, 2.05) is 24.3 Å². The molecule has 0 aliphatic carbocycles. The molecule has 1 saturated heterocycles. The van der Waals surface area contributed by atoms with Crippen molar-refractivity contribution in [2.45, 2.75) is 38.2 Å². The van der Waals surface area contributed by atoms with Crippen LogP contribution in [0.1, 0.15) is 36.4 Å². The molecule has 3 heterocycles. The Morgan fingerprint density at radius 1 is 1.09 bits per heavy atom. The molecule has 5 rings (SSSR count). The number of hydrogen-bond acceptors (Lipinski definition) is 6. The van der Waals surface area contributed by atoms with Crippen LogP contribution in [0.15, 0.2) is 51.8 Å². The van der Waals surface area contributed by atoms with Crippen LogP contribution in [0.2, 0.25) is 0 Å². The number of ether oxygens (including phenoxy) is 2. The number of piperidine rings is 1. The summed E-state index contributed by atoms with van der Waals surface area (Å²) in [4.78, 5) is 13.1. The number of hydrogen-bond donors (Lipinski definition) is 1. The molecule has 35 heavy (non-hydrogen) atoms. The second-order valence-electron chi connectivity index (χ2n) is 9.69. The third-order valence-corrected chi connectivity index (χ3v) is 8.47. The summed E-state index contributed by atoms with van der Waals surface area (Å²) in [5.41, 5.74) is 1.07. The van der Waals surface area contributed by atoms with Gasteiger partial charge in [-0.2, -0.15) is 4.31 Å². The van der Waals surface area contributed by atoms with Crippen molar-refractivity contribution in [3.8, 4) is 11.5 Å². The van der Waals surface area contributed by atoms with Gasteiger partial charge < -0.3 is 19.2 Å². The van der Waals surface area contributed by atoms with Gasteiger partial charge in [0.15, 0.2) is 17.3 Å². The zero-order chi connectivity index (χ0) is 24.7. The lowest BCUT2D eigenvalue weighted by atomic mass is 9.94. The Labute approximate surface area is 205 Å². The molecule has 3 aromatic rings. The van der Waals surface area contributed by atoms with Gasteiger partial charge >= 0.3 is 0 Å². The summed E-state index contributed by atoms with van der Waals surface area (Å²) in [6.45, 7) is 7.52. The Bertz CT molecular complexity index is 1360.